The van der Waals surface area contributed by atoms with Gasteiger partial charge in [0.2, 0.25) is 5.91 Å². The number of benzene rings is 1. The molecule has 0 spiro atoms. The van der Waals surface area contributed by atoms with Crippen LogP contribution in [0.1, 0.15) is 49.9 Å². The minimum Gasteiger partial charge on any atom is -0.484 e. The van der Waals surface area contributed by atoms with Gasteiger partial charge in [0.1, 0.15) is 11.6 Å². The maximum atomic E-state index is 12.9. The number of piperidine rings is 1. The monoisotopic (exact) mass is 345 g/mol. The molecule has 1 saturated carbocycles. The summed E-state index contributed by atoms with van der Waals surface area (Å²) in [6.45, 7) is 0.873. The van der Waals surface area contributed by atoms with Gasteiger partial charge in [-0.15, -0.1) is 0 Å². The Kier molecular flexibility index (Phi) is 4.38. The molecule has 1 amide bonds. The largest absolute Gasteiger partial charge is 0.484 e. The summed E-state index contributed by atoms with van der Waals surface area (Å²) >= 11 is 0. The Balaban J connectivity index is 1.42. The fraction of sp³-hybridized carbons (Fsp3) is 0.500. The molecule has 2 aromatic rings. The van der Waals surface area contributed by atoms with Crippen molar-refractivity contribution >= 4 is 5.91 Å². The van der Waals surface area contributed by atoms with Crippen molar-refractivity contribution in [1.82, 2.24) is 15.0 Å². The van der Waals surface area contributed by atoms with Crippen LogP contribution in [0.4, 0.5) is 4.39 Å². The zero-order valence-corrected chi connectivity index (χ0v) is 13.9. The third kappa shape index (κ3) is 3.65. The smallest absolute Gasteiger partial charge is 0.264 e. The molecule has 4 rings (SSSR count). The number of hydrogen-bond donors (Lipinski definition) is 0. The van der Waals surface area contributed by atoms with Gasteiger partial charge in [0, 0.05) is 12.5 Å². The van der Waals surface area contributed by atoms with Gasteiger partial charge in [0.25, 0.3) is 5.89 Å². The maximum absolute atomic E-state index is 12.9. The van der Waals surface area contributed by atoms with Gasteiger partial charge in [-0.2, -0.15) is 4.98 Å². The normalized spacial score (nSPS) is 20.5. The summed E-state index contributed by atoms with van der Waals surface area (Å²) < 4.78 is 23.7. The van der Waals surface area contributed by atoms with E-state index in [2.05, 4.69) is 10.1 Å². The molecule has 1 aliphatic carbocycles. The first kappa shape index (κ1) is 16.1. The second-order valence-electron chi connectivity index (χ2n) is 6.61. The molecular weight excluding hydrogens is 325 g/mol. The molecule has 1 aromatic carbocycles. The second-order valence-corrected chi connectivity index (χ2v) is 6.61. The van der Waals surface area contributed by atoms with Gasteiger partial charge in [-0.1, -0.05) is 5.16 Å². The number of aromatic nitrogens is 2. The first-order chi connectivity index (χ1) is 12.2. The van der Waals surface area contributed by atoms with Crippen LogP contribution in [0, 0.1) is 11.7 Å². The number of carbonyl (C=O) groups excluding carboxylic acids is 1. The number of ether oxygens (including phenoxy) is 1. The Morgan fingerprint density at radius 1 is 1.24 bits per heavy atom. The molecule has 6 nitrogen and oxygen atoms in total. The molecule has 1 aromatic heterocycles. The Morgan fingerprint density at radius 2 is 2.04 bits per heavy atom. The van der Waals surface area contributed by atoms with E-state index in [-0.39, 0.29) is 30.3 Å². The summed E-state index contributed by atoms with van der Waals surface area (Å²) in [6.07, 6.45) is 4.91. The van der Waals surface area contributed by atoms with Gasteiger partial charge >= 0.3 is 0 Å². The number of halogens is 1. The van der Waals surface area contributed by atoms with Gasteiger partial charge in [-0.25, -0.2) is 4.39 Å². The fourth-order valence-electron chi connectivity index (χ4n) is 3.17. The number of rotatable bonds is 5. The highest BCUT2D eigenvalue weighted by Gasteiger charge is 2.39. The van der Waals surface area contributed by atoms with Crippen LogP contribution in [-0.2, 0) is 11.4 Å². The van der Waals surface area contributed by atoms with Crippen LogP contribution in [0.25, 0.3) is 0 Å². The summed E-state index contributed by atoms with van der Waals surface area (Å²) in [4.78, 5) is 18.8. The van der Waals surface area contributed by atoms with E-state index in [0.29, 0.717) is 17.5 Å². The summed E-state index contributed by atoms with van der Waals surface area (Å²) in [6, 6.07) is 5.65. The van der Waals surface area contributed by atoms with Crippen molar-refractivity contribution in [3.05, 3.63) is 41.8 Å². The third-order valence-electron chi connectivity index (χ3n) is 4.67. The summed E-state index contributed by atoms with van der Waals surface area (Å²) in [5, 5.41) is 4.06. The number of nitrogens with zero attached hydrogens (tertiary/aromatic N) is 3. The summed E-state index contributed by atoms with van der Waals surface area (Å²) in [5.74, 6) is 1.53. The SMILES string of the molecule is O=C(C1CC1)N1CCCCC1c1noc(COc2ccc(F)cc2)n1. The second kappa shape index (κ2) is 6.82. The highest BCUT2D eigenvalue weighted by molar-refractivity contribution is 5.81. The Bertz CT molecular complexity index is 742. The Hall–Kier alpha value is -2.44. The third-order valence-corrected chi connectivity index (χ3v) is 4.67. The average Bonchev–Trinajstić information content (AvgIpc) is 3.39. The van der Waals surface area contributed by atoms with Gasteiger partial charge < -0.3 is 14.2 Å². The molecule has 25 heavy (non-hydrogen) atoms. The van der Waals surface area contributed by atoms with E-state index in [4.69, 9.17) is 9.26 Å². The first-order valence-electron chi connectivity index (χ1n) is 8.72. The molecular formula is C18H20FN3O3. The van der Waals surface area contributed by atoms with E-state index in [9.17, 15) is 9.18 Å². The molecule has 132 valence electrons. The van der Waals surface area contributed by atoms with Crippen molar-refractivity contribution in [2.24, 2.45) is 5.92 Å². The highest BCUT2D eigenvalue weighted by atomic mass is 19.1. The van der Waals surface area contributed by atoms with E-state index >= 15 is 0 Å². The standard InChI is InChI=1S/C18H20FN3O3/c19-13-6-8-14(9-7-13)24-11-16-20-17(21-25-16)15-3-1-2-10-22(15)18(23)12-4-5-12/h6-9,12,15H,1-5,10-11H2. The van der Waals surface area contributed by atoms with Crippen LogP contribution in [-0.4, -0.2) is 27.5 Å². The van der Waals surface area contributed by atoms with E-state index in [1.54, 1.807) is 12.1 Å². The molecule has 0 N–H and O–H groups in total. The van der Waals surface area contributed by atoms with Gasteiger partial charge in [0.05, 0.1) is 6.04 Å². The van der Waals surface area contributed by atoms with Gasteiger partial charge in [-0.05, 0) is 56.4 Å². The molecule has 1 atom stereocenters. The highest BCUT2D eigenvalue weighted by Crippen LogP contribution is 2.37. The van der Waals surface area contributed by atoms with Crippen LogP contribution in [0.2, 0.25) is 0 Å². The van der Waals surface area contributed by atoms with Crippen molar-refractivity contribution in [3.8, 4) is 5.75 Å². The summed E-state index contributed by atoms with van der Waals surface area (Å²) in [5.41, 5.74) is 0. The summed E-state index contributed by atoms with van der Waals surface area (Å²) in [7, 11) is 0. The number of hydrogen-bond acceptors (Lipinski definition) is 5. The van der Waals surface area contributed by atoms with Crippen molar-refractivity contribution in [3.63, 3.8) is 0 Å². The lowest BCUT2D eigenvalue weighted by Crippen LogP contribution is -2.39. The van der Waals surface area contributed by atoms with E-state index in [0.717, 1.165) is 38.6 Å². The topological polar surface area (TPSA) is 68.5 Å². The van der Waals surface area contributed by atoms with Crippen LogP contribution in [0.3, 0.4) is 0 Å². The zero-order chi connectivity index (χ0) is 17.2. The van der Waals surface area contributed by atoms with Crippen molar-refractivity contribution < 1.29 is 18.4 Å². The molecule has 0 bridgehead atoms. The molecule has 1 aliphatic heterocycles. The fourth-order valence-corrected chi connectivity index (χ4v) is 3.17. The van der Waals surface area contributed by atoms with Crippen LogP contribution in [0.5, 0.6) is 5.75 Å². The van der Waals surface area contributed by atoms with Crippen molar-refractivity contribution in [2.75, 3.05) is 6.54 Å². The minimum atomic E-state index is -0.315. The van der Waals surface area contributed by atoms with Crippen LogP contribution < -0.4 is 4.74 Å². The Labute approximate surface area is 145 Å². The van der Waals surface area contributed by atoms with Crippen molar-refractivity contribution in [2.45, 2.75) is 44.8 Å². The molecule has 2 aliphatic rings. The molecule has 2 fully saturated rings. The predicted molar refractivity (Wildman–Crippen MR) is 86.1 cm³/mol. The van der Waals surface area contributed by atoms with E-state index in [1.165, 1.54) is 12.1 Å². The average molecular weight is 345 g/mol. The van der Waals surface area contributed by atoms with Gasteiger partial charge in [-0.3, -0.25) is 4.79 Å². The van der Waals surface area contributed by atoms with Crippen LogP contribution >= 0.6 is 0 Å². The van der Waals surface area contributed by atoms with Crippen LogP contribution in [0.15, 0.2) is 28.8 Å². The number of amides is 1. The lowest BCUT2D eigenvalue weighted by molar-refractivity contribution is -0.136. The Morgan fingerprint density at radius 3 is 2.80 bits per heavy atom. The number of carbonyl (C=O) groups is 1. The van der Waals surface area contributed by atoms with E-state index in [1.807, 2.05) is 4.90 Å². The molecule has 1 unspecified atom stereocenters. The minimum absolute atomic E-state index is 0.106. The lowest BCUT2D eigenvalue weighted by Gasteiger charge is -2.33. The quantitative estimate of drug-likeness (QED) is 0.832. The molecule has 7 heteroatoms. The molecule has 0 radical (unpaired) electrons. The van der Waals surface area contributed by atoms with Crippen molar-refractivity contribution in [1.29, 1.82) is 0 Å². The van der Waals surface area contributed by atoms with Gasteiger partial charge in [0.15, 0.2) is 12.4 Å². The first-order valence-corrected chi connectivity index (χ1v) is 8.72. The molecule has 2 heterocycles. The maximum Gasteiger partial charge on any atom is 0.264 e. The molecule has 1 saturated heterocycles. The zero-order valence-electron chi connectivity index (χ0n) is 13.9. The van der Waals surface area contributed by atoms with E-state index < -0.39 is 0 Å². The predicted octanol–water partition coefficient (Wildman–Crippen LogP) is 3.25. The number of likely N-dealkylation sites (tertiary alicyclic amines) is 1. The lowest BCUT2D eigenvalue weighted by atomic mass is 10.0.